The average molecular weight is 223 g/mol. The molecular weight excluding hydrogens is 206 g/mol. The van der Waals surface area contributed by atoms with Gasteiger partial charge < -0.3 is 5.32 Å². The molecule has 82 valence electrons. The van der Waals surface area contributed by atoms with Crippen molar-refractivity contribution in [3.63, 3.8) is 0 Å². The lowest BCUT2D eigenvalue weighted by molar-refractivity contribution is -0.116. The van der Waals surface area contributed by atoms with Gasteiger partial charge in [-0.2, -0.15) is 0 Å². The molecule has 1 aromatic rings. The van der Waals surface area contributed by atoms with Gasteiger partial charge in [-0.3, -0.25) is 4.79 Å². The van der Waals surface area contributed by atoms with E-state index in [0.717, 1.165) is 10.6 Å². The van der Waals surface area contributed by atoms with Gasteiger partial charge in [-0.25, -0.2) is 0 Å². The first-order valence-corrected chi connectivity index (χ1v) is 6.28. The van der Waals surface area contributed by atoms with Gasteiger partial charge in [-0.15, -0.1) is 11.8 Å². The van der Waals surface area contributed by atoms with Crippen LogP contribution < -0.4 is 5.32 Å². The van der Waals surface area contributed by atoms with Crippen molar-refractivity contribution in [1.82, 2.24) is 0 Å². The van der Waals surface area contributed by atoms with Crippen LogP contribution in [0.3, 0.4) is 0 Å². The quantitative estimate of drug-likeness (QED) is 0.793. The second kappa shape index (κ2) is 5.81. The molecule has 0 radical (unpaired) electrons. The molecule has 0 saturated heterocycles. The van der Waals surface area contributed by atoms with Gasteiger partial charge in [-0.1, -0.05) is 19.9 Å². The predicted molar refractivity (Wildman–Crippen MR) is 66.3 cm³/mol. The molecular formula is C12H17NOS. The summed E-state index contributed by atoms with van der Waals surface area (Å²) < 4.78 is 0. The zero-order valence-electron chi connectivity index (χ0n) is 9.41. The zero-order chi connectivity index (χ0) is 11.3. The third-order valence-corrected chi connectivity index (χ3v) is 2.67. The van der Waals surface area contributed by atoms with Crippen molar-refractivity contribution in [1.29, 1.82) is 0 Å². The highest BCUT2D eigenvalue weighted by molar-refractivity contribution is 7.98. The van der Waals surface area contributed by atoms with Crippen molar-refractivity contribution in [2.45, 2.75) is 25.2 Å². The molecule has 0 fully saturated rings. The average Bonchev–Trinajstić information content (AvgIpc) is 2.16. The smallest absolute Gasteiger partial charge is 0.224 e. The highest BCUT2D eigenvalue weighted by Gasteiger charge is 2.05. The summed E-state index contributed by atoms with van der Waals surface area (Å²) in [5, 5.41) is 2.90. The summed E-state index contributed by atoms with van der Waals surface area (Å²) in [5.41, 5.74) is 0.882. The van der Waals surface area contributed by atoms with Gasteiger partial charge in [0.15, 0.2) is 0 Å². The number of nitrogens with one attached hydrogen (secondary N) is 1. The largest absolute Gasteiger partial charge is 0.326 e. The Morgan fingerprint density at radius 1 is 1.47 bits per heavy atom. The Hall–Kier alpha value is -0.960. The SMILES string of the molecule is CSc1cccc(NC(=O)CC(C)C)c1. The van der Waals surface area contributed by atoms with E-state index in [-0.39, 0.29) is 5.91 Å². The van der Waals surface area contributed by atoms with Crippen LogP contribution in [0.1, 0.15) is 20.3 Å². The van der Waals surface area contributed by atoms with Crippen molar-refractivity contribution >= 4 is 23.4 Å². The highest BCUT2D eigenvalue weighted by atomic mass is 32.2. The Balaban J connectivity index is 2.60. The molecule has 0 bridgehead atoms. The Morgan fingerprint density at radius 2 is 2.20 bits per heavy atom. The number of rotatable bonds is 4. The van der Waals surface area contributed by atoms with E-state index in [2.05, 4.69) is 5.32 Å². The molecule has 1 aromatic carbocycles. The number of hydrogen-bond acceptors (Lipinski definition) is 2. The molecule has 1 rings (SSSR count). The minimum atomic E-state index is 0.0863. The fourth-order valence-electron chi connectivity index (χ4n) is 1.28. The molecule has 15 heavy (non-hydrogen) atoms. The maximum atomic E-state index is 11.5. The molecule has 3 heteroatoms. The molecule has 0 aliphatic rings. The van der Waals surface area contributed by atoms with Crippen molar-refractivity contribution in [3.05, 3.63) is 24.3 Å². The summed E-state index contributed by atoms with van der Waals surface area (Å²) in [6.07, 6.45) is 2.60. The van der Waals surface area contributed by atoms with E-state index >= 15 is 0 Å². The maximum absolute atomic E-state index is 11.5. The predicted octanol–water partition coefficient (Wildman–Crippen LogP) is 3.39. The fourth-order valence-corrected chi connectivity index (χ4v) is 1.74. The first kappa shape index (κ1) is 12.1. The lowest BCUT2D eigenvalue weighted by Crippen LogP contribution is -2.13. The van der Waals surface area contributed by atoms with E-state index in [9.17, 15) is 4.79 Å². The lowest BCUT2D eigenvalue weighted by Gasteiger charge is -2.07. The fraction of sp³-hybridized carbons (Fsp3) is 0.417. The van der Waals surface area contributed by atoms with E-state index < -0.39 is 0 Å². The molecule has 0 heterocycles. The highest BCUT2D eigenvalue weighted by Crippen LogP contribution is 2.19. The first-order valence-electron chi connectivity index (χ1n) is 5.05. The normalized spacial score (nSPS) is 10.4. The Kier molecular flexibility index (Phi) is 4.69. The van der Waals surface area contributed by atoms with Crippen molar-refractivity contribution in [3.8, 4) is 0 Å². The standard InChI is InChI=1S/C12H17NOS/c1-9(2)7-12(14)13-10-5-4-6-11(8-10)15-3/h4-6,8-9H,7H2,1-3H3,(H,13,14). The molecule has 2 nitrogen and oxygen atoms in total. The number of anilines is 1. The molecule has 0 saturated carbocycles. The maximum Gasteiger partial charge on any atom is 0.224 e. The van der Waals surface area contributed by atoms with Gasteiger partial charge in [0.25, 0.3) is 0 Å². The Labute approximate surface area is 95.5 Å². The molecule has 0 aliphatic carbocycles. The van der Waals surface area contributed by atoms with Crippen LogP contribution in [0.15, 0.2) is 29.2 Å². The van der Waals surface area contributed by atoms with E-state index in [0.29, 0.717) is 12.3 Å². The number of benzene rings is 1. The third-order valence-electron chi connectivity index (χ3n) is 1.95. The summed E-state index contributed by atoms with van der Waals surface area (Å²) in [6.45, 7) is 4.08. The first-order chi connectivity index (χ1) is 7.11. The number of carbonyl (C=O) groups excluding carboxylic acids is 1. The Bertz CT molecular complexity index is 336. The van der Waals surface area contributed by atoms with Crippen LogP contribution in [0.2, 0.25) is 0 Å². The van der Waals surface area contributed by atoms with Gasteiger partial charge in [-0.05, 0) is 30.4 Å². The molecule has 0 spiro atoms. The van der Waals surface area contributed by atoms with Gasteiger partial charge >= 0.3 is 0 Å². The van der Waals surface area contributed by atoms with Gasteiger partial charge in [0.1, 0.15) is 0 Å². The third kappa shape index (κ3) is 4.38. The molecule has 0 aliphatic heterocycles. The van der Waals surface area contributed by atoms with E-state index in [4.69, 9.17) is 0 Å². The van der Waals surface area contributed by atoms with E-state index in [1.807, 2.05) is 44.4 Å². The Morgan fingerprint density at radius 3 is 2.80 bits per heavy atom. The van der Waals surface area contributed by atoms with Gasteiger partial charge in [0.2, 0.25) is 5.91 Å². The molecule has 1 amide bonds. The van der Waals surface area contributed by atoms with Crippen LogP contribution in [-0.4, -0.2) is 12.2 Å². The van der Waals surface area contributed by atoms with Gasteiger partial charge in [0, 0.05) is 17.0 Å². The number of carbonyl (C=O) groups is 1. The van der Waals surface area contributed by atoms with Crippen molar-refractivity contribution in [2.75, 3.05) is 11.6 Å². The second-order valence-corrected chi connectivity index (χ2v) is 4.76. The summed E-state index contributed by atoms with van der Waals surface area (Å²) in [4.78, 5) is 12.7. The van der Waals surface area contributed by atoms with E-state index in [1.165, 1.54) is 0 Å². The monoisotopic (exact) mass is 223 g/mol. The van der Waals surface area contributed by atoms with Crippen LogP contribution in [0.25, 0.3) is 0 Å². The number of amides is 1. The second-order valence-electron chi connectivity index (χ2n) is 3.88. The zero-order valence-corrected chi connectivity index (χ0v) is 10.2. The summed E-state index contributed by atoms with van der Waals surface area (Å²) in [7, 11) is 0. The minimum Gasteiger partial charge on any atom is -0.326 e. The van der Waals surface area contributed by atoms with Crippen LogP contribution >= 0.6 is 11.8 Å². The molecule has 0 unspecified atom stereocenters. The minimum absolute atomic E-state index is 0.0863. The topological polar surface area (TPSA) is 29.1 Å². The van der Waals surface area contributed by atoms with Crippen LogP contribution in [0.4, 0.5) is 5.69 Å². The molecule has 1 N–H and O–H groups in total. The summed E-state index contributed by atoms with van der Waals surface area (Å²) in [5.74, 6) is 0.483. The van der Waals surface area contributed by atoms with Crippen LogP contribution in [0, 0.1) is 5.92 Å². The summed E-state index contributed by atoms with van der Waals surface area (Å²) >= 11 is 1.67. The lowest BCUT2D eigenvalue weighted by atomic mass is 10.1. The number of hydrogen-bond donors (Lipinski definition) is 1. The van der Waals surface area contributed by atoms with E-state index in [1.54, 1.807) is 11.8 Å². The van der Waals surface area contributed by atoms with Gasteiger partial charge in [0.05, 0.1) is 0 Å². The van der Waals surface area contributed by atoms with Crippen LogP contribution in [-0.2, 0) is 4.79 Å². The number of thioether (sulfide) groups is 1. The van der Waals surface area contributed by atoms with Crippen LogP contribution in [0.5, 0.6) is 0 Å². The van der Waals surface area contributed by atoms with Crippen molar-refractivity contribution < 1.29 is 4.79 Å². The van der Waals surface area contributed by atoms with Crippen molar-refractivity contribution in [2.24, 2.45) is 5.92 Å². The molecule has 0 atom stereocenters. The molecule has 0 aromatic heterocycles. The summed E-state index contributed by atoms with van der Waals surface area (Å²) in [6, 6.07) is 7.89.